The molecule has 0 saturated carbocycles. The number of nitrogens with one attached hydrogen (secondary N) is 1. The number of benzene rings is 1. The molecule has 1 saturated heterocycles. The molecule has 6 heteroatoms. The van der Waals surface area contributed by atoms with Crippen LogP contribution in [0, 0.1) is 5.92 Å². The first kappa shape index (κ1) is 19.2. The Morgan fingerprint density at radius 1 is 1.12 bits per heavy atom. The second kappa shape index (κ2) is 8.85. The van der Waals surface area contributed by atoms with Crippen molar-refractivity contribution in [2.24, 2.45) is 5.92 Å². The average molecular weight is 347 g/mol. The van der Waals surface area contributed by atoms with Crippen LogP contribution in [0.25, 0.3) is 0 Å². The third kappa shape index (κ3) is 5.46. The number of nitrogens with zero attached hydrogens (tertiary/aromatic N) is 2. The zero-order valence-electron chi connectivity index (χ0n) is 15.6. The highest BCUT2D eigenvalue weighted by Crippen LogP contribution is 2.23. The molecular weight excluding hydrogens is 318 g/mol. The molecule has 1 aliphatic rings. The molecule has 0 aromatic heterocycles. The van der Waals surface area contributed by atoms with Crippen molar-refractivity contribution < 1.29 is 14.3 Å². The lowest BCUT2D eigenvalue weighted by molar-refractivity contribution is -0.131. The Morgan fingerprint density at radius 2 is 1.72 bits per heavy atom. The van der Waals surface area contributed by atoms with Gasteiger partial charge in [-0.25, -0.2) is 0 Å². The van der Waals surface area contributed by atoms with E-state index < -0.39 is 0 Å². The zero-order chi connectivity index (χ0) is 18.4. The van der Waals surface area contributed by atoms with Gasteiger partial charge in [-0.15, -0.1) is 0 Å². The number of amides is 2. The van der Waals surface area contributed by atoms with Crippen LogP contribution < -0.4 is 10.1 Å². The van der Waals surface area contributed by atoms with Gasteiger partial charge in [0.05, 0.1) is 19.7 Å². The van der Waals surface area contributed by atoms with Gasteiger partial charge in [-0.05, 0) is 23.6 Å². The Bertz CT molecular complexity index is 578. The van der Waals surface area contributed by atoms with Crippen molar-refractivity contribution in [2.75, 3.05) is 39.8 Å². The fourth-order valence-corrected chi connectivity index (χ4v) is 3.09. The first-order valence-corrected chi connectivity index (χ1v) is 8.82. The number of hydrogen-bond donors (Lipinski definition) is 1. The second-order valence-corrected chi connectivity index (χ2v) is 6.84. The van der Waals surface area contributed by atoms with E-state index in [1.165, 1.54) is 0 Å². The van der Waals surface area contributed by atoms with Gasteiger partial charge in [-0.3, -0.25) is 14.5 Å². The fraction of sp³-hybridized carbons (Fsp3) is 0.579. The highest BCUT2D eigenvalue weighted by Gasteiger charge is 2.23. The number of carbonyl (C=O) groups is 2. The topological polar surface area (TPSA) is 61.9 Å². The largest absolute Gasteiger partial charge is 0.497 e. The highest BCUT2D eigenvalue weighted by molar-refractivity contribution is 5.78. The maximum Gasteiger partial charge on any atom is 0.234 e. The molecule has 138 valence electrons. The van der Waals surface area contributed by atoms with Crippen molar-refractivity contribution in [1.29, 1.82) is 0 Å². The Balaban J connectivity index is 1.91. The highest BCUT2D eigenvalue weighted by atomic mass is 16.5. The maximum absolute atomic E-state index is 12.5. The van der Waals surface area contributed by atoms with Crippen LogP contribution in [0.3, 0.4) is 0 Å². The summed E-state index contributed by atoms with van der Waals surface area (Å²) in [6, 6.07) is 7.79. The monoisotopic (exact) mass is 347 g/mol. The summed E-state index contributed by atoms with van der Waals surface area (Å²) in [5.41, 5.74) is 1.07. The molecule has 0 unspecified atom stereocenters. The van der Waals surface area contributed by atoms with Crippen molar-refractivity contribution in [3.63, 3.8) is 0 Å². The molecule has 0 radical (unpaired) electrons. The second-order valence-electron chi connectivity index (χ2n) is 6.84. The van der Waals surface area contributed by atoms with E-state index in [0.29, 0.717) is 19.6 Å². The van der Waals surface area contributed by atoms with Crippen molar-refractivity contribution in [2.45, 2.75) is 26.8 Å². The SMILES string of the molecule is COc1ccc([C@@H](NC(=O)CN2CCN(C(C)=O)CC2)C(C)C)cc1. The lowest BCUT2D eigenvalue weighted by Crippen LogP contribution is -2.51. The van der Waals surface area contributed by atoms with E-state index in [4.69, 9.17) is 4.74 Å². The van der Waals surface area contributed by atoms with Gasteiger partial charge >= 0.3 is 0 Å². The minimum atomic E-state index is -0.0306. The summed E-state index contributed by atoms with van der Waals surface area (Å²) in [7, 11) is 1.64. The van der Waals surface area contributed by atoms with Crippen LogP contribution in [0.2, 0.25) is 0 Å². The molecule has 1 N–H and O–H groups in total. The summed E-state index contributed by atoms with van der Waals surface area (Å²) < 4.78 is 5.19. The molecule has 0 bridgehead atoms. The third-order valence-electron chi connectivity index (χ3n) is 4.64. The Morgan fingerprint density at radius 3 is 2.20 bits per heavy atom. The molecule has 1 aromatic carbocycles. The predicted octanol–water partition coefficient (Wildman–Crippen LogP) is 1.67. The standard InChI is InChI=1S/C19H29N3O3/c1-14(2)19(16-5-7-17(25-4)8-6-16)20-18(24)13-21-9-11-22(12-10-21)15(3)23/h5-8,14,19H,9-13H2,1-4H3,(H,20,24)/t19-/m0/s1. The van der Waals surface area contributed by atoms with Crippen LogP contribution in [-0.4, -0.2) is 61.4 Å². The van der Waals surface area contributed by atoms with E-state index in [1.54, 1.807) is 14.0 Å². The molecule has 1 aromatic rings. The third-order valence-corrected chi connectivity index (χ3v) is 4.64. The van der Waals surface area contributed by atoms with E-state index in [-0.39, 0.29) is 23.8 Å². The van der Waals surface area contributed by atoms with E-state index >= 15 is 0 Å². The van der Waals surface area contributed by atoms with Crippen molar-refractivity contribution in [3.05, 3.63) is 29.8 Å². The van der Waals surface area contributed by atoms with Gasteiger partial charge < -0.3 is 15.0 Å². The molecule has 1 aliphatic heterocycles. The molecule has 1 atom stereocenters. The Hall–Kier alpha value is -2.08. The number of ether oxygens (including phenoxy) is 1. The summed E-state index contributed by atoms with van der Waals surface area (Å²) in [6.45, 7) is 9.00. The molecule has 6 nitrogen and oxygen atoms in total. The van der Waals surface area contributed by atoms with Crippen LogP contribution >= 0.6 is 0 Å². The molecule has 0 spiro atoms. The van der Waals surface area contributed by atoms with Crippen molar-refractivity contribution >= 4 is 11.8 Å². The summed E-state index contributed by atoms with van der Waals surface area (Å²) in [5.74, 6) is 1.21. The van der Waals surface area contributed by atoms with E-state index in [2.05, 4.69) is 24.1 Å². The predicted molar refractivity (Wildman–Crippen MR) is 97.4 cm³/mol. The molecule has 0 aliphatic carbocycles. The van der Waals surface area contributed by atoms with Crippen LogP contribution in [-0.2, 0) is 9.59 Å². The van der Waals surface area contributed by atoms with Gasteiger partial charge in [0.15, 0.2) is 0 Å². The van der Waals surface area contributed by atoms with Crippen molar-refractivity contribution in [1.82, 2.24) is 15.1 Å². The van der Waals surface area contributed by atoms with Gasteiger partial charge in [0.2, 0.25) is 11.8 Å². The number of rotatable bonds is 6. The summed E-state index contributed by atoms with van der Waals surface area (Å²) in [5, 5.41) is 3.15. The molecular formula is C19H29N3O3. The number of carbonyl (C=O) groups excluding carboxylic acids is 2. The Kier molecular flexibility index (Phi) is 6.82. The van der Waals surface area contributed by atoms with Gasteiger partial charge in [0.1, 0.15) is 5.75 Å². The van der Waals surface area contributed by atoms with Gasteiger partial charge in [0, 0.05) is 33.1 Å². The molecule has 1 fully saturated rings. The minimum Gasteiger partial charge on any atom is -0.497 e. The van der Waals surface area contributed by atoms with Gasteiger partial charge in [0.25, 0.3) is 0 Å². The quantitative estimate of drug-likeness (QED) is 0.850. The summed E-state index contributed by atoms with van der Waals surface area (Å²) >= 11 is 0. The number of piperazine rings is 1. The molecule has 2 rings (SSSR count). The fourth-order valence-electron chi connectivity index (χ4n) is 3.09. The first-order chi connectivity index (χ1) is 11.9. The van der Waals surface area contributed by atoms with Crippen LogP contribution in [0.15, 0.2) is 24.3 Å². The summed E-state index contributed by atoms with van der Waals surface area (Å²) in [4.78, 5) is 27.8. The zero-order valence-corrected chi connectivity index (χ0v) is 15.6. The van der Waals surface area contributed by atoms with Crippen LogP contribution in [0.4, 0.5) is 0 Å². The lowest BCUT2D eigenvalue weighted by atomic mass is 9.96. The molecule has 1 heterocycles. The number of methoxy groups -OCH3 is 1. The average Bonchev–Trinajstić information content (AvgIpc) is 2.60. The van der Waals surface area contributed by atoms with Gasteiger partial charge in [-0.1, -0.05) is 26.0 Å². The first-order valence-electron chi connectivity index (χ1n) is 8.82. The van der Waals surface area contributed by atoms with Crippen LogP contribution in [0.1, 0.15) is 32.4 Å². The molecule has 25 heavy (non-hydrogen) atoms. The normalized spacial score (nSPS) is 16.6. The summed E-state index contributed by atoms with van der Waals surface area (Å²) in [6.07, 6.45) is 0. The van der Waals surface area contributed by atoms with E-state index in [9.17, 15) is 9.59 Å². The van der Waals surface area contributed by atoms with E-state index in [1.807, 2.05) is 29.2 Å². The smallest absolute Gasteiger partial charge is 0.234 e. The van der Waals surface area contributed by atoms with Crippen LogP contribution in [0.5, 0.6) is 5.75 Å². The van der Waals surface area contributed by atoms with E-state index in [0.717, 1.165) is 24.4 Å². The minimum absolute atomic E-state index is 0.0193. The molecule has 2 amide bonds. The Labute approximate surface area is 150 Å². The number of hydrogen-bond acceptors (Lipinski definition) is 4. The van der Waals surface area contributed by atoms with Gasteiger partial charge in [-0.2, -0.15) is 0 Å². The van der Waals surface area contributed by atoms with Crippen molar-refractivity contribution in [3.8, 4) is 5.75 Å². The maximum atomic E-state index is 12.5. The lowest BCUT2D eigenvalue weighted by Gasteiger charge is -2.34.